The van der Waals surface area contributed by atoms with E-state index in [4.69, 9.17) is 9.47 Å². The Hall–Kier alpha value is -4.56. The molecule has 2 unspecified atom stereocenters. The number of hydrogen-bond acceptors (Lipinski definition) is 13. The van der Waals surface area contributed by atoms with E-state index in [2.05, 4.69) is 13.8 Å². The number of rotatable bonds is 4. The van der Waals surface area contributed by atoms with Crippen LogP contribution in [0, 0.1) is 111 Å². The number of carboxylic acids is 4. The molecule has 4 N–H and O–H groups in total. The first kappa shape index (κ1) is 79.1. The van der Waals surface area contributed by atoms with Crippen LogP contribution in [0.2, 0.25) is 0 Å². The molecule has 8 heterocycles. The van der Waals surface area contributed by atoms with E-state index in [0.29, 0.717) is 92.2 Å². The summed E-state index contributed by atoms with van der Waals surface area (Å²) in [6.45, 7) is 36.5. The largest absolute Gasteiger partial charge is 0.489 e. The zero-order valence-corrected chi connectivity index (χ0v) is 68.5. The zero-order chi connectivity index (χ0) is 66.2. The van der Waals surface area contributed by atoms with Crippen molar-refractivity contribution in [1.82, 2.24) is 18.4 Å². The van der Waals surface area contributed by atoms with Crippen molar-refractivity contribution in [3.63, 3.8) is 0 Å². The SMILES string of the molecule is Cc1c(C)c2c3c(c1C)c(=O)c(C(=O)O)c(C)n3C(C)CC2=O.Cc1c(C)c2c3c(c1C)c(=O)c(C(=O)O)c(C)n3C(C)CS2.Cc1c(C)c2c3c(c1C)c(=O)c(C(=O)O)c(C)n3N(C)CO2.Cc1c(C)c2c3c(c1C)c(=O)c(C(=O)O)c(C)n3[C@@H](C)CO2.[Y].[Y].[Y].[Y]. The van der Waals surface area contributed by atoms with Crippen molar-refractivity contribution < 1.29 is 185 Å². The molecule has 0 aliphatic carbocycles. The Morgan fingerprint density at radius 1 is 0.409 bits per heavy atom. The van der Waals surface area contributed by atoms with Crippen LogP contribution in [-0.4, -0.2) is 94.6 Å². The molecule has 93 heavy (non-hydrogen) atoms. The molecule has 0 bridgehead atoms. The number of pyridine rings is 4. The smallest absolute Gasteiger partial charge is 0.341 e. The normalized spacial score (nSPS) is 15.3. The second-order valence-electron chi connectivity index (χ2n) is 24.3. The number of carbonyl (C=O) groups excluding carboxylic acids is 1. The summed E-state index contributed by atoms with van der Waals surface area (Å²) in [7, 11) is 1.80. The van der Waals surface area contributed by atoms with Crippen molar-refractivity contribution in [3.05, 3.63) is 158 Å². The van der Waals surface area contributed by atoms with Gasteiger partial charge in [0, 0.05) is 190 Å². The molecule has 480 valence electrons. The average molecular weight is 1590 g/mol. The van der Waals surface area contributed by atoms with Crippen LogP contribution < -0.4 is 36.2 Å². The number of thioether (sulfide) groups is 1. The maximum atomic E-state index is 12.8. The zero-order valence-electron chi connectivity index (χ0n) is 56.3. The Balaban J connectivity index is 0.000000222. The number of hydrogen-bond donors (Lipinski definition) is 4. The minimum atomic E-state index is -1.22. The third-order valence-corrected chi connectivity index (χ3v) is 20.9. The van der Waals surface area contributed by atoms with Crippen LogP contribution in [0.1, 0.15) is 187 Å². The van der Waals surface area contributed by atoms with E-state index >= 15 is 0 Å². The molecule has 4 aliphatic rings. The van der Waals surface area contributed by atoms with Crippen molar-refractivity contribution in [1.29, 1.82) is 0 Å². The van der Waals surface area contributed by atoms with Crippen LogP contribution in [0.15, 0.2) is 24.1 Å². The van der Waals surface area contributed by atoms with Gasteiger partial charge in [0.05, 0.1) is 49.8 Å². The number of aromatic nitrogens is 4. The van der Waals surface area contributed by atoms with E-state index in [9.17, 15) is 63.6 Å². The van der Waals surface area contributed by atoms with Gasteiger partial charge in [-0.25, -0.2) is 19.2 Å². The summed E-state index contributed by atoms with van der Waals surface area (Å²) >= 11 is 1.76. The van der Waals surface area contributed by atoms with Crippen LogP contribution in [0.4, 0.5) is 0 Å². The van der Waals surface area contributed by atoms with E-state index in [1.807, 2.05) is 104 Å². The molecule has 0 saturated heterocycles. The maximum Gasteiger partial charge on any atom is 0.341 e. The first-order valence-corrected chi connectivity index (χ1v) is 30.3. The standard InChI is InChI=1S/C18H19NO4.C17H19NO4.C17H19NO3S.C16H18N2O4.4Y/c1-7-6-12(20)13-9(3)8(2)10(4)14-16(13)19(7)11(5)15(17(14)21)18(22)23;2*1-7-6-22-16-10(4)8(2)9(3)12-14(16)18(7)11(5)13(15(12)19)17(20)21;1-7-8(2)11-13-15(9(7)3)22-6-17(5)18(13)10(4)12(14(11)19)16(20)21;;;;/h7H,6H2,1-5H3,(H,22,23);2*7H,6H2,1-5H3,(H,20,21);6H2,1-5H3,(H,20,21);;;;/t;7-;;;;;;/m.0....../s1. The van der Waals surface area contributed by atoms with Gasteiger partial charge in [-0.2, -0.15) is 0 Å². The number of carbonyl (C=O) groups is 5. The molecule has 0 spiro atoms. The fourth-order valence-corrected chi connectivity index (χ4v) is 15.2. The molecule has 0 saturated carbocycles. The van der Waals surface area contributed by atoms with Gasteiger partial charge in [-0.1, -0.05) is 0 Å². The van der Waals surface area contributed by atoms with Crippen LogP contribution in [-0.2, 0) is 131 Å². The first-order chi connectivity index (χ1) is 41.5. The third kappa shape index (κ3) is 12.4. The Labute approximate surface area is 642 Å². The summed E-state index contributed by atoms with van der Waals surface area (Å²) in [5, 5.41) is 41.5. The summed E-state index contributed by atoms with van der Waals surface area (Å²) in [4.78, 5) is 111. The van der Waals surface area contributed by atoms with Gasteiger partial charge in [-0.05, 0) is 198 Å². The minimum Gasteiger partial charge on any atom is -0.489 e. The van der Waals surface area contributed by atoms with E-state index < -0.39 is 40.2 Å². The van der Waals surface area contributed by atoms with Crippen LogP contribution in [0.3, 0.4) is 0 Å². The molecule has 4 aromatic heterocycles. The van der Waals surface area contributed by atoms with Gasteiger partial charge >= 0.3 is 23.9 Å². The number of ether oxygens (including phenoxy) is 2. The minimum absolute atomic E-state index is 0. The summed E-state index contributed by atoms with van der Waals surface area (Å²) < 4.78 is 19.3. The number of carboxylic acid groups (broad SMARTS) is 4. The van der Waals surface area contributed by atoms with Gasteiger partial charge in [-0.3, -0.25) is 33.7 Å². The molecule has 4 radical (unpaired) electrons. The molecular formula is C68H75N5O15SY4. The topological polar surface area (TPSA) is 276 Å². The molecule has 0 fully saturated rings. The van der Waals surface area contributed by atoms with Gasteiger partial charge in [0.25, 0.3) is 0 Å². The molecule has 12 rings (SSSR count). The molecule has 3 atom stereocenters. The Morgan fingerprint density at radius 3 is 1.18 bits per heavy atom. The van der Waals surface area contributed by atoms with Gasteiger partial charge in [0.15, 0.2) is 18.3 Å². The molecule has 20 nitrogen and oxygen atoms in total. The summed E-state index contributed by atoms with van der Waals surface area (Å²) in [6, 6.07) is -0.0203. The van der Waals surface area contributed by atoms with Crippen molar-refractivity contribution >= 4 is 85.0 Å². The Morgan fingerprint density at radius 2 is 0.753 bits per heavy atom. The van der Waals surface area contributed by atoms with E-state index in [1.54, 1.807) is 56.2 Å². The molecule has 4 aromatic carbocycles. The molecule has 25 heteroatoms. The van der Waals surface area contributed by atoms with Crippen LogP contribution in [0.5, 0.6) is 11.5 Å². The van der Waals surface area contributed by atoms with Crippen molar-refractivity contribution in [2.45, 2.75) is 161 Å². The number of aryl methyl sites for hydroxylation is 4. The summed E-state index contributed by atoms with van der Waals surface area (Å²) in [6.07, 6.45) is 0.314. The molecule has 0 amide bonds. The third-order valence-electron chi connectivity index (χ3n) is 19.4. The van der Waals surface area contributed by atoms with Crippen LogP contribution >= 0.6 is 11.8 Å². The predicted molar refractivity (Wildman–Crippen MR) is 345 cm³/mol. The van der Waals surface area contributed by atoms with Gasteiger partial charge < -0.3 is 43.6 Å². The second kappa shape index (κ2) is 29.3. The van der Waals surface area contributed by atoms with Gasteiger partial charge in [0.1, 0.15) is 40.1 Å². The average Bonchev–Trinajstić information content (AvgIpc) is 0.756. The molecule has 4 aliphatic heterocycles. The van der Waals surface area contributed by atoms with Crippen molar-refractivity contribution in [2.24, 2.45) is 0 Å². The number of ketones is 1. The predicted octanol–water partition coefficient (Wildman–Crippen LogP) is 11.4. The quantitative estimate of drug-likeness (QED) is 0.127. The van der Waals surface area contributed by atoms with E-state index in [0.717, 1.165) is 82.9 Å². The van der Waals surface area contributed by atoms with E-state index in [1.165, 1.54) is 5.56 Å². The Bertz CT molecular complexity index is 4530. The number of benzene rings is 4. The number of aromatic carboxylic acids is 4. The maximum absolute atomic E-state index is 12.8. The fourth-order valence-electron chi connectivity index (χ4n) is 14.0. The fraction of sp³-hybridized carbons (Fsp3) is 0.397. The summed E-state index contributed by atoms with van der Waals surface area (Å²) in [5.41, 5.74) is 14.2. The number of nitrogens with zero attached hydrogens (tertiary/aromatic N) is 5. The van der Waals surface area contributed by atoms with Crippen molar-refractivity contribution in [2.75, 3.05) is 31.1 Å². The van der Waals surface area contributed by atoms with Gasteiger partial charge in [0.2, 0.25) is 21.7 Å². The first-order valence-electron chi connectivity index (χ1n) is 29.3. The molecule has 8 aromatic rings. The monoisotopic (exact) mass is 1590 g/mol. The van der Waals surface area contributed by atoms with E-state index in [-0.39, 0.29) is 182 Å². The van der Waals surface area contributed by atoms with Gasteiger partial charge in [-0.15, -0.1) is 11.8 Å². The van der Waals surface area contributed by atoms with Crippen molar-refractivity contribution in [3.8, 4) is 11.5 Å². The Kier molecular flexibility index (Phi) is 24.9. The van der Waals surface area contributed by atoms with Crippen LogP contribution in [0.25, 0.3) is 43.6 Å². The molecular weight excluding hydrogens is 1510 g/mol. The second-order valence-corrected chi connectivity index (χ2v) is 25.3. The number of Topliss-reactive ketones (excluding diaryl/α,β-unsaturated/α-hetero) is 1. The summed E-state index contributed by atoms with van der Waals surface area (Å²) in [5.74, 6) is -2.47.